The van der Waals surface area contributed by atoms with Crippen molar-refractivity contribution in [2.75, 3.05) is 25.1 Å². The van der Waals surface area contributed by atoms with Crippen LogP contribution in [0.25, 0.3) is 0 Å². The highest BCUT2D eigenvalue weighted by molar-refractivity contribution is 7.98. The second-order valence-corrected chi connectivity index (χ2v) is 3.72. The van der Waals surface area contributed by atoms with Crippen molar-refractivity contribution in [3.8, 4) is 0 Å². The van der Waals surface area contributed by atoms with Gasteiger partial charge in [0.2, 0.25) is 5.91 Å². The van der Waals surface area contributed by atoms with E-state index < -0.39 is 0 Å². The molecule has 1 aliphatic heterocycles. The molecule has 0 saturated carbocycles. The Morgan fingerprint density at radius 1 is 1.82 bits per heavy atom. The molecule has 0 aromatic heterocycles. The predicted molar refractivity (Wildman–Crippen MR) is 47.6 cm³/mol. The van der Waals surface area contributed by atoms with Crippen LogP contribution in [0, 0.1) is 0 Å². The number of hydrogen-bond donors (Lipinski definition) is 1. The SMILES string of the molecule is CSCCCN1CC(N)C1=O. The van der Waals surface area contributed by atoms with Crippen molar-refractivity contribution < 1.29 is 4.79 Å². The molecule has 4 heteroatoms. The van der Waals surface area contributed by atoms with E-state index in [0.717, 1.165) is 25.3 Å². The molecule has 64 valence electrons. The van der Waals surface area contributed by atoms with Gasteiger partial charge in [-0.3, -0.25) is 4.79 Å². The molecule has 0 aromatic carbocycles. The third-order valence-electron chi connectivity index (χ3n) is 1.82. The molecule has 1 saturated heterocycles. The highest BCUT2D eigenvalue weighted by atomic mass is 32.2. The Balaban J connectivity index is 2.06. The number of likely N-dealkylation sites (tertiary alicyclic amines) is 1. The summed E-state index contributed by atoms with van der Waals surface area (Å²) in [4.78, 5) is 12.8. The number of nitrogens with zero attached hydrogens (tertiary/aromatic N) is 1. The molecule has 1 aliphatic rings. The minimum absolute atomic E-state index is 0.117. The number of amides is 1. The van der Waals surface area contributed by atoms with Crippen molar-refractivity contribution in [2.24, 2.45) is 5.73 Å². The van der Waals surface area contributed by atoms with Crippen molar-refractivity contribution in [2.45, 2.75) is 12.5 Å². The lowest BCUT2D eigenvalue weighted by molar-refractivity contribution is -0.142. The largest absolute Gasteiger partial charge is 0.339 e. The third-order valence-corrected chi connectivity index (χ3v) is 2.52. The first-order chi connectivity index (χ1) is 5.25. The van der Waals surface area contributed by atoms with Crippen LogP contribution >= 0.6 is 11.8 Å². The van der Waals surface area contributed by atoms with Crippen molar-refractivity contribution in [1.82, 2.24) is 4.90 Å². The smallest absolute Gasteiger partial charge is 0.241 e. The highest BCUT2D eigenvalue weighted by Crippen LogP contribution is 2.08. The Morgan fingerprint density at radius 2 is 2.55 bits per heavy atom. The van der Waals surface area contributed by atoms with Crippen LogP contribution in [0.3, 0.4) is 0 Å². The Hall–Kier alpha value is -0.220. The zero-order valence-corrected chi connectivity index (χ0v) is 7.56. The summed E-state index contributed by atoms with van der Waals surface area (Å²) in [6, 6.07) is -0.204. The quantitative estimate of drug-likeness (QED) is 0.478. The summed E-state index contributed by atoms with van der Waals surface area (Å²) in [7, 11) is 0. The number of nitrogens with two attached hydrogens (primary N) is 1. The maximum absolute atomic E-state index is 10.9. The lowest BCUT2D eigenvalue weighted by atomic mass is 10.1. The van der Waals surface area contributed by atoms with Crippen LogP contribution in [-0.2, 0) is 4.79 Å². The Kier molecular flexibility index (Phi) is 3.20. The average molecular weight is 174 g/mol. The number of hydrogen-bond acceptors (Lipinski definition) is 3. The maximum Gasteiger partial charge on any atom is 0.241 e. The molecule has 0 bridgehead atoms. The van der Waals surface area contributed by atoms with Gasteiger partial charge in [0.15, 0.2) is 0 Å². The summed E-state index contributed by atoms with van der Waals surface area (Å²) in [5.41, 5.74) is 5.42. The summed E-state index contributed by atoms with van der Waals surface area (Å²) >= 11 is 1.81. The second kappa shape index (κ2) is 3.97. The van der Waals surface area contributed by atoms with Crippen LogP contribution in [0.15, 0.2) is 0 Å². The average Bonchev–Trinajstić information content (AvgIpc) is 2.03. The highest BCUT2D eigenvalue weighted by Gasteiger charge is 2.32. The minimum atomic E-state index is -0.204. The molecular weight excluding hydrogens is 160 g/mol. The van der Waals surface area contributed by atoms with E-state index in [1.807, 2.05) is 16.7 Å². The van der Waals surface area contributed by atoms with E-state index in [1.165, 1.54) is 0 Å². The first-order valence-corrected chi connectivity index (χ1v) is 5.18. The van der Waals surface area contributed by atoms with E-state index in [1.54, 1.807) is 0 Å². The molecule has 3 nitrogen and oxygen atoms in total. The van der Waals surface area contributed by atoms with Gasteiger partial charge in [-0.1, -0.05) is 0 Å². The van der Waals surface area contributed by atoms with Gasteiger partial charge in [0.05, 0.1) is 0 Å². The van der Waals surface area contributed by atoms with E-state index >= 15 is 0 Å². The van der Waals surface area contributed by atoms with Gasteiger partial charge in [-0.25, -0.2) is 0 Å². The third kappa shape index (κ3) is 2.10. The molecule has 2 N–H and O–H groups in total. The van der Waals surface area contributed by atoms with E-state index in [2.05, 4.69) is 6.26 Å². The van der Waals surface area contributed by atoms with Crippen LogP contribution in [0.5, 0.6) is 0 Å². The molecular formula is C7H14N2OS. The Bertz CT molecular complexity index is 151. The fourth-order valence-electron chi connectivity index (χ4n) is 1.13. The van der Waals surface area contributed by atoms with Gasteiger partial charge in [0.1, 0.15) is 6.04 Å². The number of carbonyl (C=O) groups excluding carboxylic acids is 1. The Morgan fingerprint density at radius 3 is 3.00 bits per heavy atom. The van der Waals surface area contributed by atoms with E-state index in [4.69, 9.17) is 5.73 Å². The van der Waals surface area contributed by atoms with Gasteiger partial charge < -0.3 is 10.6 Å². The summed E-state index contributed by atoms with van der Waals surface area (Å²) < 4.78 is 0. The monoisotopic (exact) mass is 174 g/mol. The van der Waals surface area contributed by atoms with Crippen molar-refractivity contribution in [3.63, 3.8) is 0 Å². The number of β-lactam (4-membered cyclic amide) rings is 1. The van der Waals surface area contributed by atoms with Gasteiger partial charge in [-0.05, 0) is 18.4 Å². The summed E-state index contributed by atoms with van der Waals surface area (Å²) in [6.07, 6.45) is 3.16. The molecule has 1 fully saturated rings. The molecule has 0 aliphatic carbocycles. The van der Waals surface area contributed by atoms with Gasteiger partial charge in [0, 0.05) is 13.1 Å². The van der Waals surface area contributed by atoms with E-state index in [-0.39, 0.29) is 11.9 Å². The fourth-order valence-corrected chi connectivity index (χ4v) is 1.55. The number of carbonyl (C=O) groups is 1. The minimum Gasteiger partial charge on any atom is -0.339 e. The van der Waals surface area contributed by atoms with Gasteiger partial charge in [-0.15, -0.1) is 0 Å². The van der Waals surface area contributed by atoms with Crippen LogP contribution < -0.4 is 5.73 Å². The lowest BCUT2D eigenvalue weighted by Gasteiger charge is -2.36. The number of thioether (sulfide) groups is 1. The molecule has 1 heterocycles. The standard InChI is InChI=1S/C7H14N2OS/c1-11-4-2-3-9-5-6(8)7(9)10/h6H,2-5,8H2,1H3. The van der Waals surface area contributed by atoms with E-state index in [0.29, 0.717) is 0 Å². The lowest BCUT2D eigenvalue weighted by Crippen LogP contribution is -2.60. The van der Waals surface area contributed by atoms with Crippen LogP contribution in [0.1, 0.15) is 6.42 Å². The van der Waals surface area contributed by atoms with Crippen LogP contribution in [0.4, 0.5) is 0 Å². The number of rotatable bonds is 4. The molecule has 1 atom stereocenters. The predicted octanol–water partition coefficient (Wildman–Crippen LogP) is -0.0910. The Labute approximate surface area is 71.3 Å². The normalized spacial score (nSPS) is 23.6. The zero-order valence-electron chi connectivity index (χ0n) is 6.75. The zero-order chi connectivity index (χ0) is 8.27. The second-order valence-electron chi connectivity index (χ2n) is 2.74. The molecule has 1 unspecified atom stereocenters. The molecule has 0 spiro atoms. The van der Waals surface area contributed by atoms with Crippen LogP contribution in [-0.4, -0.2) is 41.9 Å². The summed E-state index contributed by atoms with van der Waals surface area (Å²) in [5.74, 6) is 1.24. The van der Waals surface area contributed by atoms with Gasteiger partial charge in [-0.2, -0.15) is 11.8 Å². The fraction of sp³-hybridized carbons (Fsp3) is 0.857. The van der Waals surface area contributed by atoms with E-state index in [9.17, 15) is 4.79 Å². The molecule has 0 aromatic rings. The topological polar surface area (TPSA) is 46.3 Å². The summed E-state index contributed by atoms with van der Waals surface area (Å²) in [6.45, 7) is 1.64. The first kappa shape index (κ1) is 8.87. The van der Waals surface area contributed by atoms with Crippen molar-refractivity contribution in [1.29, 1.82) is 0 Å². The summed E-state index contributed by atoms with van der Waals surface area (Å²) in [5, 5.41) is 0. The molecule has 0 radical (unpaired) electrons. The maximum atomic E-state index is 10.9. The van der Waals surface area contributed by atoms with Gasteiger partial charge in [0.25, 0.3) is 0 Å². The van der Waals surface area contributed by atoms with Crippen molar-refractivity contribution >= 4 is 17.7 Å². The first-order valence-electron chi connectivity index (χ1n) is 3.79. The molecule has 11 heavy (non-hydrogen) atoms. The van der Waals surface area contributed by atoms with Crippen molar-refractivity contribution in [3.05, 3.63) is 0 Å². The van der Waals surface area contributed by atoms with Gasteiger partial charge >= 0.3 is 0 Å². The molecule has 1 amide bonds. The van der Waals surface area contributed by atoms with Crippen LogP contribution in [0.2, 0.25) is 0 Å². The molecule has 1 rings (SSSR count).